The van der Waals surface area contributed by atoms with Crippen LogP contribution in [0.3, 0.4) is 0 Å². The number of rotatable bonds is 7. The Morgan fingerprint density at radius 1 is 1.00 bits per heavy atom. The minimum atomic E-state index is -1.30. The number of anilines is 1. The van der Waals surface area contributed by atoms with Gasteiger partial charge in [-0.2, -0.15) is 0 Å². The summed E-state index contributed by atoms with van der Waals surface area (Å²) in [5.41, 5.74) is 5.62. The number of benzene rings is 3. The average Bonchev–Trinajstić information content (AvgIpc) is 3.13. The molecule has 0 aromatic heterocycles. The van der Waals surface area contributed by atoms with E-state index in [1.54, 1.807) is 6.07 Å². The van der Waals surface area contributed by atoms with Gasteiger partial charge in [-0.25, -0.2) is 4.79 Å². The molecule has 34 heavy (non-hydrogen) atoms. The largest absolute Gasteiger partial charge is 0.481 e. The van der Waals surface area contributed by atoms with E-state index in [4.69, 9.17) is 4.74 Å². The number of carboxylic acids is 1. The first kappa shape index (κ1) is 23.5. The smallest absolute Gasteiger partial charge is 0.407 e. The van der Waals surface area contributed by atoms with Crippen LogP contribution in [0.25, 0.3) is 11.1 Å². The standard InChI is InChI=1S/C26H23BrN2O5/c1-15-10-11-16(27)12-22(15)28-25(32)23(13-24(30)31)29-26(33)34-14-21-19-8-4-2-6-17(19)18-7-3-5-9-20(18)21/h2-12,21,23H,13-14H2,1H3,(H,28,32)(H,29,33)(H,30,31). The molecule has 7 nitrogen and oxygen atoms in total. The number of carbonyl (C=O) groups excluding carboxylic acids is 2. The van der Waals surface area contributed by atoms with Crippen molar-refractivity contribution < 1.29 is 24.2 Å². The predicted molar refractivity (Wildman–Crippen MR) is 132 cm³/mol. The third kappa shape index (κ3) is 5.12. The number of fused-ring (bicyclic) bond motifs is 3. The quantitative estimate of drug-likeness (QED) is 0.401. The van der Waals surface area contributed by atoms with E-state index in [0.29, 0.717) is 5.69 Å². The van der Waals surface area contributed by atoms with Crippen LogP contribution in [0.15, 0.2) is 71.2 Å². The number of amides is 2. The van der Waals surface area contributed by atoms with E-state index in [0.717, 1.165) is 32.3 Å². The normalized spacial score (nSPS) is 12.9. The van der Waals surface area contributed by atoms with E-state index < -0.39 is 30.4 Å². The second kappa shape index (κ2) is 10.1. The molecule has 0 bridgehead atoms. The molecule has 3 aromatic carbocycles. The molecule has 3 aromatic rings. The molecule has 0 heterocycles. The highest BCUT2D eigenvalue weighted by Gasteiger charge is 2.30. The lowest BCUT2D eigenvalue weighted by atomic mass is 9.98. The summed E-state index contributed by atoms with van der Waals surface area (Å²) in [5.74, 6) is -2.00. The zero-order chi connectivity index (χ0) is 24.2. The van der Waals surface area contributed by atoms with Gasteiger partial charge in [0.25, 0.3) is 0 Å². The number of halogens is 1. The van der Waals surface area contributed by atoms with Gasteiger partial charge in [0.2, 0.25) is 5.91 Å². The Labute approximate surface area is 205 Å². The number of hydrogen-bond acceptors (Lipinski definition) is 4. The van der Waals surface area contributed by atoms with E-state index in [9.17, 15) is 19.5 Å². The van der Waals surface area contributed by atoms with Crippen LogP contribution in [0.4, 0.5) is 10.5 Å². The Kier molecular flexibility index (Phi) is 6.98. The molecule has 1 unspecified atom stereocenters. The maximum Gasteiger partial charge on any atom is 0.407 e. The van der Waals surface area contributed by atoms with Gasteiger partial charge in [0.1, 0.15) is 12.6 Å². The Balaban J connectivity index is 1.44. The van der Waals surface area contributed by atoms with Crippen LogP contribution >= 0.6 is 15.9 Å². The van der Waals surface area contributed by atoms with Crippen molar-refractivity contribution in [3.63, 3.8) is 0 Å². The van der Waals surface area contributed by atoms with Gasteiger partial charge in [0.15, 0.2) is 0 Å². The molecule has 0 fully saturated rings. The molecule has 0 radical (unpaired) electrons. The third-order valence-corrected chi connectivity index (χ3v) is 6.28. The minimum absolute atomic E-state index is 0.0615. The average molecular weight is 523 g/mol. The second-order valence-corrected chi connectivity index (χ2v) is 8.98. The monoisotopic (exact) mass is 522 g/mol. The Hall–Kier alpha value is -3.65. The van der Waals surface area contributed by atoms with E-state index in [2.05, 4.69) is 26.6 Å². The lowest BCUT2D eigenvalue weighted by molar-refractivity contribution is -0.139. The Bertz CT molecular complexity index is 1210. The summed E-state index contributed by atoms with van der Waals surface area (Å²) in [7, 11) is 0. The van der Waals surface area contributed by atoms with Crippen LogP contribution in [0.1, 0.15) is 29.0 Å². The predicted octanol–water partition coefficient (Wildman–Crippen LogP) is 5.08. The van der Waals surface area contributed by atoms with Gasteiger partial charge in [-0.15, -0.1) is 0 Å². The van der Waals surface area contributed by atoms with Crippen molar-refractivity contribution in [1.82, 2.24) is 5.32 Å². The summed E-state index contributed by atoms with van der Waals surface area (Å²) < 4.78 is 6.22. The molecule has 8 heteroatoms. The van der Waals surface area contributed by atoms with Crippen LogP contribution in [0.5, 0.6) is 0 Å². The summed E-state index contributed by atoms with van der Waals surface area (Å²) >= 11 is 3.34. The fraction of sp³-hybridized carbons (Fsp3) is 0.192. The number of aryl methyl sites for hydroxylation is 1. The number of ether oxygens (including phenoxy) is 1. The highest BCUT2D eigenvalue weighted by atomic mass is 79.9. The van der Waals surface area contributed by atoms with Crippen LogP contribution in [-0.2, 0) is 14.3 Å². The number of carboxylic acid groups (broad SMARTS) is 1. The minimum Gasteiger partial charge on any atom is -0.481 e. The van der Waals surface area contributed by atoms with Crippen molar-refractivity contribution in [2.75, 3.05) is 11.9 Å². The molecule has 3 N–H and O–H groups in total. The molecule has 1 atom stereocenters. The fourth-order valence-corrected chi connectivity index (χ4v) is 4.48. The van der Waals surface area contributed by atoms with E-state index >= 15 is 0 Å². The molecular weight excluding hydrogens is 500 g/mol. The third-order valence-electron chi connectivity index (χ3n) is 5.79. The zero-order valence-corrected chi connectivity index (χ0v) is 20.0. The first-order valence-electron chi connectivity index (χ1n) is 10.7. The van der Waals surface area contributed by atoms with Crippen molar-refractivity contribution in [3.8, 4) is 11.1 Å². The first-order valence-corrected chi connectivity index (χ1v) is 11.5. The van der Waals surface area contributed by atoms with Crippen molar-refractivity contribution in [2.45, 2.75) is 25.3 Å². The molecule has 2 amide bonds. The highest BCUT2D eigenvalue weighted by molar-refractivity contribution is 9.10. The lowest BCUT2D eigenvalue weighted by Gasteiger charge is -2.19. The molecular formula is C26H23BrN2O5. The molecule has 4 rings (SSSR count). The van der Waals surface area contributed by atoms with Crippen molar-refractivity contribution in [1.29, 1.82) is 0 Å². The van der Waals surface area contributed by atoms with Gasteiger partial charge < -0.3 is 20.5 Å². The van der Waals surface area contributed by atoms with Crippen LogP contribution in [0, 0.1) is 6.92 Å². The molecule has 0 saturated carbocycles. The summed E-state index contributed by atoms with van der Waals surface area (Å²) in [6.45, 7) is 1.87. The van der Waals surface area contributed by atoms with Gasteiger partial charge in [0.05, 0.1) is 6.42 Å². The zero-order valence-electron chi connectivity index (χ0n) is 18.4. The van der Waals surface area contributed by atoms with Gasteiger partial charge in [-0.05, 0) is 46.9 Å². The van der Waals surface area contributed by atoms with Gasteiger partial charge in [-0.1, -0.05) is 70.5 Å². The number of aliphatic carboxylic acids is 1. The van der Waals surface area contributed by atoms with Crippen molar-refractivity contribution in [2.24, 2.45) is 0 Å². The maximum absolute atomic E-state index is 12.8. The van der Waals surface area contributed by atoms with Crippen LogP contribution < -0.4 is 10.6 Å². The molecule has 1 aliphatic rings. The van der Waals surface area contributed by atoms with E-state index in [1.807, 2.05) is 67.6 Å². The number of hydrogen-bond donors (Lipinski definition) is 3. The number of nitrogens with one attached hydrogen (secondary N) is 2. The molecule has 0 aliphatic heterocycles. The summed E-state index contributed by atoms with van der Waals surface area (Å²) in [5, 5.41) is 14.3. The molecule has 174 valence electrons. The van der Waals surface area contributed by atoms with Gasteiger partial charge in [0, 0.05) is 16.1 Å². The highest BCUT2D eigenvalue weighted by Crippen LogP contribution is 2.44. The number of carbonyl (C=O) groups is 3. The van der Waals surface area contributed by atoms with Crippen molar-refractivity contribution >= 4 is 39.6 Å². The first-order chi connectivity index (χ1) is 16.3. The van der Waals surface area contributed by atoms with Gasteiger partial charge in [-0.3, -0.25) is 9.59 Å². The van der Waals surface area contributed by atoms with E-state index in [-0.39, 0.29) is 12.5 Å². The topological polar surface area (TPSA) is 105 Å². The SMILES string of the molecule is Cc1ccc(Br)cc1NC(=O)C(CC(=O)O)NC(=O)OCC1c2ccccc2-c2ccccc21. The fourth-order valence-electron chi connectivity index (χ4n) is 4.11. The van der Waals surface area contributed by atoms with E-state index in [1.165, 1.54) is 0 Å². The molecule has 0 saturated heterocycles. The Morgan fingerprint density at radius 2 is 1.62 bits per heavy atom. The maximum atomic E-state index is 12.8. The van der Waals surface area contributed by atoms with Crippen LogP contribution in [-0.4, -0.2) is 35.7 Å². The summed E-state index contributed by atoms with van der Waals surface area (Å²) in [6, 6.07) is 19.9. The van der Waals surface area contributed by atoms with Gasteiger partial charge >= 0.3 is 12.1 Å². The summed E-state index contributed by atoms with van der Waals surface area (Å²) in [4.78, 5) is 36.7. The Morgan fingerprint density at radius 3 is 2.24 bits per heavy atom. The van der Waals surface area contributed by atoms with Crippen molar-refractivity contribution in [3.05, 3.63) is 87.9 Å². The molecule has 0 spiro atoms. The number of alkyl carbamates (subject to hydrolysis) is 1. The van der Waals surface area contributed by atoms with Crippen LogP contribution in [0.2, 0.25) is 0 Å². The molecule has 1 aliphatic carbocycles. The lowest BCUT2D eigenvalue weighted by Crippen LogP contribution is -2.45. The second-order valence-electron chi connectivity index (χ2n) is 8.07. The summed E-state index contributed by atoms with van der Waals surface area (Å²) in [6.07, 6.45) is -1.43.